The molecule has 3 heterocycles. The third kappa shape index (κ3) is 10.5. The molecule has 0 unspecified atom stereocenters. The summed E-state index contributed by atoms with van der Waals surface area (Å²) in [4.78, 5) is 22.0. The van der Waals surface area contributed by atoms with Crippen LogP contribution in [0.15, 0.2) is 67.0 Å². The first-order valence-electron chi connectivity index (χ1n) is 15.0. The molecule has 2 aromatic carbocycles. The monoisotopic (exact) mass is 624 g/mol. The van der Waals surface area contributed by atoms with Crippen LogP contribution in [0.2, 0.25) is 5.02 Å². The van der Waals surface area contributed by atoms with E-state index in [1.54, 1.807) is 36.5 Å². The van der Waals surface area contributed by atoms with Crippen LogP contribution < -0.4 is 9.62 Å². The predicted molar refractivity (Wildman–Crippen MR) is 184 cm³/mol. The van der Waals surface area contributed by atoms with Gasteiger partial charge in [0.15, 0.2) is 0 Å². The SMILES string of the molecule is CC.CC.CCCOCC.Cc1cc(N2CCOCS2)ccc1C(=O)Nc1ccc(Cl)c(-c2nccc3ncccc23)c1. The number of hydrogen-bond donors (Lipinski definition) is 1. The zero-order chi connectivity index (χ0) is 31.6. The van der Waals surface area contributed by atoms with Gasteiger partial charge in [-0.1, -0.05) is 46.2 Å². The van der Waals surface area contributed by atoms with Crippen LogP contribution in [0, 0.1) is 6.92 Å². The molecule has 0 radical (unpaired) electrons. The number of benzene rings is 2. The number of anilines is 2. The molecular weight excluding hydrogens is 580 g/mol. The molecule has 0 saturated carbocycles. The van der Waals surface area contributed by atoms with Gasteiger partial charge in [0.1, 0.15) is 5.94 Å². The molecule has 4 aromatic rings. The summed E-state index contributed by atoms with van der Waals surface area (Å²) < 4.78 is 12.6. The number of fused-ring (bicyclic) bond motifs is 1. The lowest BCUT2D eigenvalue weighted by atomic mass is 10.0. The van der Waals surface area contributed by atoms with Crippen molar-refractivity contribution in [1.29, 1.82) is 0 Å². The quantitative estimate of drug-likeness (QED) is 0.162. The van der Waals surface area contributed by atoms with E-state index >= 15 is 0 Å². The molecule has 1 N–H and O–H groups in total. The van der Waals surface area contributed by atoms with E-state index in [-0.39, 0.29) is 5.91 Å². The summed E-state index contributed by atoms with van der Waals surface area (Å²) >= 11 is 8.14. The van der Waals surface area contributed by atoms with Crippen LogP contribution in [-0.2, 0) is 9.47 Å². The van der Waals surface area contributed by atoms with Crippen LogP contribution in [0.1, 0.15) is 63.9 Å². The van der Waals surface area contributed by atoms with E-state index in [1.807, 2.05) is 84.0 Å². The summed E-state index contributed by atoms with van der Waals surface area (Å²) in [6.45, 7) is 17.4. The third-order valence-electron chi connectivity index (χ3n) is 6.03. The van der Waals surface area contributed by atoms with Crippen molar-refractivity contribution in [2.24, 2.45) is 0 Å². The summed E-state index contributed by atoms with van der Waals surface area (Å²) in [6.07, 6.45) is 4.59. The Bertz CT molecular complexity index is 1400. The van der Waals surface area contributed by atoms with Crippen molar-refractivity contribution in [3.05, 3.63) is 83.1 Å². The molecular formula is C34H45ClN4O3S. The molecule has 1 aliphatic heterocycles. The number of pyridine rings is 2. The molecule has 1 saturated heterocycles. The van der Waals surface area contributed by atoms with Gasteiger partial charge < -0.3 is 19.1 Å². The van der Waals surface area contributed by atoms with Gasteiger partial charge in [-0.05, 0) is 92.4 Å². The Kier molecular flexibility index (Phi) is 16.7. The molecule has 2 aromatic heterocycles. The van der Waals surface area contributed by atoms with Crippen molar-refractivity contribution >= 4 is 51.7 Å². The molecule has 0 bridgehead atoms. The highest BCUT2D eigenvalue weighted by molar-refractivity contribution is 8.00. The standard InChI is InChI=1S/C25H21ClN4O2S.C5H12O.2C2H6/c1-16-13-18(30-11-12-32-15-33-30)5-6-19(16)25(31)29-17-4-7-22(26)21(14-17)24-20-3-2-9-27-23(20)8-10-28-24;1-3-5-6-4-2;2*1-2/h2-10,13-14H,11-12,15H2,1H3,(H,29,31);3-5H2,1-2H3;2*1-2H3. The molecule has 7 nitrogen and oxygen atoms in total. The Morgan fingerprint density at radius 3 is 2.49 bits per heavy atom. The summed E-state index contributed by atoms with van der Waals surface area (Å²) in [5.41, 5.74) is 5.56. The van der Waals surface area contributed by atoms with Crippen LogP contribution in [0.3, 0.4) is 0 Å². The number of nitrogens with one attached hydrogen (secondary N) is 1. The molecule has 9 heteroatoms. The Labute approximate surface area is 266 Å². The Hall–Kier alpha value is -3.17. The fourth-order valence-electron chi connectivity index (χ4n) is 4.12. The summed E-state index contributed by atoms with van der Waals surface area (Å²) in [5, 5.41) is 4.46. The van der Waals surface area contributed by atoms with Gasteiger partial charge in [0.25, 0.3) is 5.91 Å². The Balaban J connectivity index is 0.000000570. The third-order valence-corrected chi connectivity index (χ3v) is 7.34. The van der Waals surface area contributed by atoms with Crippen molar-refractivity contribution in [3.63, 3.8) is 0 Å². The van der Waals surface area contributed by atoms with E-state index in [4.69, 9.17) is 21.1 Å². The zero-order valence-corrected chi connectivity index (χ0v) is 28.0. The van der Waals surface area contributed by atoms with Crippen LogP contribution in [0.4, 0.5) is 11.4 Å². The van der Waals surface area contributed by atoms with Crippen molar-refractivity contribution < 1.29 is 14.3 Å². The van der Waals surface area contributed by atoms with Crippen LogP contribution in [0.25, 0.3) is 22.2 Å². The second kappa shape index (κ2) is 19.9. The van der Waals surface area contributed by atoms with E-state index in [9.17, 15) is 4.79 Å². The number of aryl methyl sites for hydroxylation is 1. The van der Waals surface area contributed by atoms with Gasteiger partial charge in [-0.2, -0.15) is 0 Å². The Morgan fingerprint density at radius 2 is 1.84 bits per heavy atom. The average Bonchev–Trinajstić information content (AvgIpc) is 3.07. The van der Waals surface area contributed by atoms with Gasteiger partial charge in [-0.15, -0.1) is 0 Å². The van der Waals surface area contributed by atoms with Crippen molar-refractivity contribution in [2.75, 3.05) is 41.9 Å². The van der Waals surface area contributed by atoms with E-state index in [1.165, 1.54) is 0 Å². The lowest BCUT2D eigenvalue weighted by molar-refractivity contribution is 0.102. The highest BCUT2D eigenvalue weighted by Crippen LogP contribution is 2.34. The molecule has 1 aliphatic rings. The number of ether oxygens (including phenoxy) is 2. The van der Waals surface area contributed by atoms with Gasteiger partial charge in [0, 0.05) is 53.5 Å². The maximum atomic E-state index is 13.1. The molecule has 232 valence electrons. The smallest absolute Gasteiger partial charge is 0.255 e. The molecule has 1 fully saturated rings. The van der Waals surface area contributed by atoms with Crippen molar-refractivity contribution in [1.82, 2.24) is 9.97 Å². The van der Waals surface area contributed by atoms with Crippen LogP contribution in [0.5, 0.6) is 0 Å². The fraction of sp³-hybridized carbons (Fsp3) is 0.382. The zero-order valence-electron chi connectivity index (χ0n) is 26.4. The van der Waals surface area contributed by atoms with Crippen molar-refractivity contribution in [2.45, 2.75) is 54.9 Å². The minimum Gasteiger partial charge on any atom is -0.382 e. The minimum absolute atomic E-state index is 0.172. The predicted octanol–water partition coefficient (Wildman–Crippen LogP) is 9.44. The highest BCUT2D eigenvalue weighted by atomic mass is 35.5. The molecule has 43 heavy (non-hydrogen) atoms. The second-order valence-corrected chi connectivity index (χ2v) is 10.2. The maximum Gasteiger partial charge on any atom is 0.255 e. The number of amides is 1. The maximum absolute atomic E-state index is 13.1. The number of rotatable bonds is 7. The van der Waals surface area contributed by atoms with E-state index in [0.29, 0.717) is 28.8 Å². The van der Waals surface area contributed by atoms with E-state index in [0.717, 1.165) is 59.6 Å². The second-order valence-electron chi connectivity index (χ2n) is 8.83. The summed E-state index contributed by atoms with van der Waals surface area (Å²) in [7, 11) is 0. The largest absolute Gasteiger partial charge is 0.382 e. The van der Waals surface area contributed by atoms with E-state index < -0.39 is 0 Å². The Morgan fingerprint density at radius 1 is 1.05 bits per heavy atom. The van der Waals surface area contributed by atoms with Crippen LogP contribution >= 0.6 is 23.5 Å². The number of nitrogens with zero attached hydrogens (tertiary/aromatic N) is 3. The first-order valence-corrected chi connectivity index (χ1v) is 16.3. The molecule has 0 atom stereocenters. The fourth-order valence-corrected chi connectivity index (χ4v) is 5.11. The number of carbonyl (C=O) groups is 1. The lowest BCUT2D eigenvalue weighted by Crippen LogP contribution is -2.26. The summed E-state index contributed by atoms with van der Waals surface area (Å²) in [5.74, 6) is 0.469. The number of carbonyl (C=O) groups excluding carboxylic acids is 1. The minimum atomic E-state index is -0.172. The topological polar surface area (TPSA) is 76.6 Å². The average molecular weight is 625 g/mol. The van der Waals surface area contributed by atoms with Crippen molar-refractivity contribution in [3.8, 4) is 11.3 Å². The number of aromatic nitrogens is 2. The molecule has 5 rings (SSSR count). The summed E-state index contributed by atoms with van der Waals surface area (Å²) in [6, 6.07) is 17.0. The van der Waals surface area contributed by atoms with Gasteiger partial charge >= 0.3 is 0 Å². The van der Waals surface area contributed by atoms with Gasteiger partial charge in [-0.3, -0.25) is 14.8 Å². The van der Waals surface area contributed by atoms with Gasteiger partial charge in [0.05, 0.1) is 29.4 Å². The normalized spacial score (nSPS) is 12.1. The van der Waals surface area contributed by atoms with Gasteiger partial charge in [-0.25, -0.2) is 0 Å². The van der Waals surface area contributed by atoms with E-state index in [2.05, 4.69) is 26.5 Å². The number of hydrogen-bond acceptors (Lipinski definition) is 7. The number of halogens is 1. The van der Waals surface area contributed by atoms with Gasteiger partial charge in [0.2, 0.25) is 0 Å². The molecule has 1 amide bonds. The van der Waals surface area contributed by atoms with Crippen LogP contribution in [-0.4, -0.2) is 48.2 Å². The molecule has 0 spiro atoms. The lowest BCUT2D eigenvalue weighted by Gasteiger charge is -2.27. The first-order chi connectivity index (χ1) is 21.0. The highest BCUT2D eigenvalue weighted by Gasteiger charge is 2.17. The molecule has 0 aliphatic carbocycles. The first kappa shape index (κ1) is 36.0.